The zero-order valence-electron chi connectivity index (χ0n) is 16.1. The molecule has 5 rings (SSSR count). The molecule has 1 atom stereocenters. The standard InChI is InChI=1S/C19H17N7O3S/c1-10-15-13(11-3-5-12(6-4-11)30(2,28)29)7-14(27)24-18(15)26(25-10)19-16-17(21-8-20-16)22-9-23-19/h3-6,8-9,13H,7H2,1-2H3,(H,24,27)(H,20,21,22,23)/t13-/m1/s1. The van der Waals surface area contributed by atoms with Crippen molar-refractivity contribution in [2.24, 2.45) is 0 Å². The predicted molar refractivity (Wildman–Crippen MR) is 108 cm³/mol. The van der Waals surface area contributed by atoms with Crippen molar-refractivity contribution in [3.63, 3.8) is 0 Å². The number of H-pyrrole nitrogens is 1. The minimum atomic E-state index is -3.30. The summed E-state index contributed by atoms with van der Waals surface area (Å²) >= 11 is 0. The van der Waals surface area contributed by atoms with Crippen LogP contribution in [0.4, 0.5) is 5.82 Å². The number of carbonyl (C=O) groups excluding carboxylic acids is 1. The van der Waals surface area contributed by atoms with E-state index in [1.54, 1.807) is 28.9 Å². The number of imidazole rings is 1. The van der Waals surface area contributed by atoms with Gasteiger partial charge < -0.3 is 10.3 Å². The third-order valence-corrected chi connectivity index (χ3v) is 6.35. The first-order valence-corrected chi connectivity index (χ1v) is 11.1. The first-order valence-electron chi connectivity index (χ1n) is 9.17. The molecule has 30 heavy (non-hydrogen) atoms. The van der Waals surface area contributed by atoms with Gasteiger partial charge in [0.2, 0.25) is 5.91 Å². The van der Waals surface area contributed by atoms with Crippen LogP contribution in [-0.4, -0.2) is 50.3 Å². The van der Waals surface area contributed by atoms with Crippen molar-refractivity contribution in [2.75, 3.05) is 11.6 Å². The van der Waals surface area contributed by atoms with E-state index in [0.717, 1.165) is 16.8 Å². The molecular weight excluding hydrogens is 406 g/mol. The molecule has 4 aromatic rings. The Morgan fingerprint density at radius 1 is 1.13 bits per heavy atom. The molecule has 152 valence electrons. The monoisotopic (exact) mass is 423 g/mol. The third-order valence-electron chi connectivity index (χ3n) is 5.22. The number of aromatic amines is 1. The summed E-state index contributed by atoms with van der Waals surface area (Å²) in [6.45, 7) is 1.87. The number of aromatic nitrogens is 6. The van der Waals surface area contributed by atoms with Crippen LogP contribution >= 0.6 is 0 Å². The molecule has 1 aromatic carbocycles. The molecule has 0 radical (unpaired) electrons. The second kappa shape index (κ2) is 6.46. The highest BCUT2D eigenvalue weighted by molar-refractivity contribution is 7.90. The molecule has 0 bridgehead atoms. The van der Waals surface area contributed by atoms with E-state index >= 15 is 0 Å². The lowest BCUT2D eigenvalue weighted by Gasteiger charge is -2.24. The lowest BCUT2D eigenvalue weighted by molar-refractivity contribution is -0.116. The van der Waals surface area contributed by atoms with Gasteiger partial charge in [-0.2, -0.15) is 9.78 Å². The second-order valence-corrected chi connectivity index (χ2v) is 9.22. The van der Waals surface area contributed by atoms with Crippen molar-refractivity contribution < 1.29 is 13.2 Å². The number of carbonyl (C=O) groups is 1. The van der Waals surface area contributed by atoms with E-state index < -0.39 is 9.84 Å². The minimum absolute atomic E-state index is 0.157. The summed E-state index contributed by atoms with van der Waals surface area (Å²) < 4.78 is 25.1. The first kappa shape index (κ1) is 18.4. The van der Waals surface area contributed by atoms with Gasteiger partial charge >= 0.3 is 0 Å². The van der Waals surface area contributed by atoms with E-state index in [2.05, 4.69) is 30.4 Å². The summed E-state index contributed by atoms with van der Waals surface area (Å²) in [5.41, 5.74) is 3.56. The maximum absolute atomic E-state index is 12.5. The lowest BCUT2D eigenvalue weighted by atomic mass is 9.86. The molecule has 11 heteroatoms. The van der Waals surface area contributed by atoms with Crippen LogP contribution in [0, 0.1) is 6.92 Å². The largest absolute Gasteiger partial charge is 0.340 e. The molecule has 0 fully saturated rings. The average Bonchev–Trinajstić information content (AvgIpc) is 3.31. The van der Waals surface area contributed by atoms with Crippen LogP contribution in [0.1, 0.15) is 29.2 Å². The van der Waals surface area contributed by atoms with Crippen LogP contribution in [0.3, 0.4) is 0 Å². The Labute approximate surface area is 171 Å². The predicted octanol–water partition coefficient (Wildman–Crippen LogP) is 1.72. The van der Waals surface area contributed by atoms with Crippen LogP contribution in [-0.2, 0) is 14.6 Å². The SMILES string of the molecule is Cc1nn(-c2ncnc3nc[nH]c23)c2c1[C@@H](c1ccc(S(C)(=O)=O)cc1)CC(=O)N2. The van der Waals surface area contributed by atoms with Crippen molar-refractivity contribution in [3.8, 4) is 5.82 Å². The number of amides is 1. The van der Waals surface area contributed by atoms with Gasteiger partial charge in [0, 0.05) is 24.2 Å². The number of nitrogens with zero attached hydrogens (tertiary/aromatic N) is 5. The third kappa shape index (κ3) is 2.86. The molecule has 0 unspecified atom stereocenters. The first-order chi connectivity index (χ1) is 14.3. The van der Waals surface area contributed by atoms with Gasteiger partial charge in [-0.05, 0) is 24.6 Å². The molecule has 2 N–H and O–H groups in total. The summed E-state index contributed by atoms with van der Waals surface area (Å²) in [6, 6.07) is 6.63. The normalized spacial score (nSPS) is 16.5. The molecule has 0 aliphatic carbocycles. The fraction of sp³-hybridized carbons (Fsp3) is 0.211. The highest BCUT2D eigenvalue weighted by Gasteiger charge is 2.33. The molecule has 3 aromatic heterocycles. The number of aryl methyl sites for hydroxylation is 1. The van der Waals surface area contributed by atoms with E-state index in [9.17, 15) is 13.2 Å². The topological polar surface area (TPSA) is 136 Å². The molecule has 1 aliphatic heterocycles. The summed E-state index contributed by atoms with van der Waals surface area (Å²) in [5, 5.41) is 7.54. The molecule has 0 saturated heterocycles. The van der Waals surface area contributed by atoms with Crippen LogP contribution in [0.5, 0.6) is 0 Å². The molecule has 0 saturated carbocycles. The number of rotatable bonds is 3. The maximum atomic E-state index is 12.5. The zero-order valence-corrected chi connectivity index (χ0v) is 16.9. The molecule has 1 amide bonds. The fourth-order valence-electron chi connectivity index (χ4n) is 3.85. The number of benzene rings is 1. The van der Waals surface area contributed by atoms with Crippen LogP contribution in [0.15, 0.2) is 41.8 Å². The number of sulfone groups is 1. The Bertz CT molecular complexity index is 1400. The number of hydrogen-bond donors (Lipinski definition) is 2. The molecule has 10 nitrogen and oxygen atoms in total. The minimum Gasteiger partial charge on any atom is -0.340 e. The highest BCUT2D eigenvalue weighted by atomic mass is 32.2. The molecule has 4 heterocycles. The highest BCUT2D eigenvalue weighted by Crippen LogP contribution is 2.40. The van der Waals surface area contributed by atoms with Crippen molar-refractivity contribution in [2.45, 2.75) is 24.2 Å². The van der Waals surface area contributed by atoms with E-state index in [1.165, 1.54) is 18.9 Å². The van der Waals surface area contributed by atoms with E-state index in [1.807, 2.05) is 6.92 Å². The van der Waals surface area contributed by atoms with Crippen molar-refractivity contribution in [3.05, 3.63) is 53.7 Å². The summed E-state index contributed by atoms with van der Waals surface area (Å²) in [5.74, 6) is 0.608. The Hall–Kier alpha value is -3.60. The van der Waals surface area contributed by atoms with Gasteiger partial charge in [0.25, 0.3) is 0 Å². The summed E-state index contributed by atoms with van der Waals surface area (Å²) in [4.78, 5) is 28.4. The summed E-state index contributed by atoms with van der Waals surface area (Å²) in [6.07, 6.45) is 4.32. The smallest absolute Gasteiger partial charge is 0.226 e. The van der Waals surface area contributed by atoms with Crippen LogP contribution in [0.2, 0.25) is 0 Å². The Morgan fingerprint density at radius 2 is 1.90 bits per heavy atom. The Balaban J connectivity index is 1.66. The van der Waals surface area contributed by atoms with Crippen LogP contribution < -0.4 is 5.32 Å². The number of fused-ring (bicyclic) bond motifs is 2. The van der Waals surface area contributed by atoms with Crippen molar-refractivity contribution >= 4 is 32.7 Å². The van der Waals surface area contributed by atoms with Crippen molar-refractivity contribution in [1.29, 1.82) is 0 Å². The number of anilines is 1. The van der Waals surface area contributed by atoms with Crippen molar-refractivity contribution in [1.82, 2.24) is 29.7 Å². The Morgan fingerprint density at radius 3 is 2.63 bits per heavy atom. The van der Waals surface area contributed by atoms with Gasteiger partial charge in [0.05, 0.1) is 16.9 Å². The van der Waals surface area contributed by atoms with E-state index in [0.29, 0.717) is 22.8 Å². The molecule has 1 aliphatic rings. The Kier molecular flexibility index (Phi) is 3.97. The quantitative estimate of drug-likeness (QED) is 0.512. The van der Waals surface area contributed by atoms with Gasteiger partial charge in [-0.25, -0.2) is 23.4 Å². The zero-order chi connectivity index (χ0) is 21.0. The van der Waals surface area contributed by atoms with E-state index in [-0.39, 0.29) is 23.1 Å². The second-order valence-electron chi connectivity index (χ2n) is 7.20. The van der Waals surface area contributed by atoms with E-state index in [4.69, 9.17) is 0 Å². The molecule has 0 spiro atoms. The number of hydrogen-bond acceptors (Lipinski definition) is 7. The van der Waals surface area contributed by atoms with Gasteiger partial charge in [0.1, 0.15) is 17.7 Å². The molecular formula is C19H17N7O3S. The number of nitrogens with one attached hydrogen (secondary N) is 2. The van der Waals surface area contributed by atoms with Gasteiger partial charge in [-0.15, -0.1) is 0 Å². The van der Waals surface area contributed by atoms with Gasteiger partial charge in [-0.3, -0.25) is 4.79 Å². The summed E-state index contributed by atoms with van der Waals surface area (Å²) in [7, 11) is -3.30. The maximum Gasteiger partial charge on any atom is 0.226 e. The van der Waals surface area contributed by atoms with Crippen LogP contribution in [0.25, 0.3) is 17.0 Å². The lowest BCUT2D eigenvalue weighted by Crippen LogP contribution is -2.25. The van der Waals surface area contributed by atoms with Gasteiger partial charge in [0.15, 0.2) is 21.3 Å². The fourth-order valence-corrected chi connectivity index (χ4v) is 4.48. The van der Waals surface area contributed by atoms with Gasteiger partial charge in [-0.1, -0.05) is 12.1 Å². The average molecular weight is 423 g/mol.